The summed E-state index contributed by atoms with van der Waals surface area (Å²) >= 11 is 0. The van der Waals surface area contributed by atoms with E-state index in [4.69, 9.17) is 5.73 Å². The summed E-state index contributed by atoms with van der Waals surface area (Å²) < 4.78 is 0. The number of rotatable bonds is 2. The molecule has 0 unspecified atom stereocenters. The SMILES string of the molecule is Cc1cc(C)c(C)c(NC(=O)C2(N)CC2)c1C. The van der Waals surface area contributed by atoms with Gasteiger partial charge >= 0.3 is 0 Å². The van der Waals surface area contributed by atoms with Gasteiger partial charge in [-0.1, -0.05) is 6.07 Å². The molecule has 0 bridgehead atoms. The van der Waals surface area contributed by atoms with Crippen LogP contribution in [0, 0.1) is 27.7 Å². The number of nitrogens with two attached hydrogens (primary N) is 1. The van der Waals surface area contributed by atoms with Gasteiger partial charge in [0.25, 0.3) is 0 Å². The molecule has 1 aromatic rings. The molecule has 3 nitrogen and oxygen atoms in total. The Morgan fingerprint density at radius 3 is 2.06 bits per heavy atom. The molecule has 1 aliphatic rings. The van der Waals surface area contributed by atoms with E-state index in [0.717, 1.165) is 29.7 Å². The van der Waals surface area contributed by atoms with Crippen LogP contribution in [0.5, 0.6) is 0 Å². The third-order valence-corrected chi connectivity index (χ3v) is 3.85. The van der Waals surface area contributed by atoms with Crippen molar-refractivity contribution >= 4 is 11.6 Å². The molecule has 1 fully saturated rings. The Hall–Kier alpha value is -1.35. The summed E-state index contributed by atoms with van der Waals surface area (Å²) in [5.41, 5.74) is 10.9. The number of hydrogen-bond acceptors (Lipinski definition) is 2. The molecule has 3 N–H and O–H groups in total. The van der Waals surface area contributed by atoms with Gasteiger partial charge in [0.05, 0.1) is 5.54 Å². The molecule has 1 aliphatic carbocycles. The van der Waals surface area contributed by atoms with E-state index < -0.39 is 5.54 Å². The number of anilines is 1. The Balaban J connectivity index is 2.35. The summed E-state index contributed by atoms with van der Waals surface area (Å²) in [4.78, 5) is 12.0. The topological polar surface area (TPSA) is 55.1 Å². The van der Waals surface area contributed by atoms with Gasteiger partial charge in [-0.15, -0.1) is 0 Å². The summed E-state index contributed by atoms with van der Waals surface area (Å²) in [5, 5.41) is 3.00. The molecule has 92 valence electrons. The molecule has 1 amide bonds. The Kier molecular flexibility index (Phi) is 2.74. The molecule has 0 radical (unpaired) electrons. The fraction of sp³-hybridized carbons (Fsp3) is 0.500. The molecule has 3 heteroatoms. The van der Waals surface area contributed by atoms with Crippen molar-refractivity contribution in [3.63, 3.8) is 0 Å². The standard InChI is InChI=1S/C14H20N2O/c1-8-7-9(2)11(4)12(10(8)3)16-13(17)14(15)5-6-14/h7H,5-6,15H2,1-4H3,(H,16,17). The monoisotopic (exact) mass is 232 g/mol. The number of amides is 1. The average Bonchev–Trinajstić information content (AvgIpc) is 3.01. The van der Waals surface area contributed by atoms with Gasteiger partial charge in [-0.2, -0.15) is 0 Å². The van der Waals surface area contributed by atoms with Crippen molar-refractivity contribution in [2.75, 3.05) is 5.32 Å². The maximum atomic E-state index is 12.0. The summed E-state index contributed by atoms with van der Waals surface area (Å²) in [7, 11) is 0. The molecule has 0 aliphatic heterocycles. The lowest BCUT2D eigenvalue weighted by Gasteiger charge is -2.18. The van der Waals surface area contributed by atoms with Gasteiger partial charge in [0.1, 0.15) is 0 Å². The summed E-state index contributed by atoms with van der Waals surface area (Å²) in [6.07, 6.45) is 1.59. The molecule has 17 heavy (non-hydrogen) atoms. The van der Waals surface area contributed by atoms with Crippen molar-refractivity contribution < 1.29 is 4.79 Å². The summed E-state index contributed by atoms with van der Waals surface area (Å²) in [5.74, 6) is -0.0475. The molecule has 2 rings (SSSR count). The van der Waals surface area contributed by atoms with Gasteiger partial charge < -0.3 is 11.1 Å². The molecule has 0 heterocycles. The quantitative estimate of drug-likeness (QED) is 0.822. The zero-order valence-corrected chi connectivity index (χ0v) is 11.0. The molecule has 0 spiro atoms. The van der Waals surface area contributed by atoms with E-state index in [2.05, 4.69) is 25.2 Å². The maximum Gasteiger partial charge on any atom is 0.244 e. The number of aryl methyl sites for hydroxylation is 2. The molecule has 0 atom stereocenters. The first-order valence-electron chi connectivity index (χ1n) is 6.03. The van der Waals surface area contributed by atoms with E-state index in [9.17, 15) is 4.79 Å². The first-order valence-corrected chi connectivity index (χ1v) is 6.03. The van der Waals surface area contributed by atoms with E-state index >= 15 is 0 Å². The zero-order valence-electron chi connectivity index (χ0n) is 11.0. The lowest BCUT2D eigenvalue weighted by Crippen LogP contribution is -2.38. The van der Waals surface area contributed by atoms with E-state index in [1.54, 1.807) is 0 Å². The Morgan fingerprint density at radius 2 is 1.65 bits per heavy atom. The van der Waals surface area contributed by atoms with Crippen LogP contribution in [-0.4, -0.2) is 11.4 Å². The molecular weight excluding hydrogens is 212 g/mol. The Labute approximate surface area is 102 Å². The summed E-state index contributed by atoms with van der Waals surface area (Å²) in [6.45, 7) is 8.19. The molecule has 0 aromatic heterocycles. The zero-order chi connectivity index (χ0) is 12.8. The number of nitrogens with one attached hydrogen (secondary N) is 1. The Morgan fingerprint density at radius 1 is 1.18 bits per heavy atom. The van der Waals surface area contributed by atoms with Crippen molar-refractivity contribution in [1.82, 2.24) is 0 Å². The van der Waals surface area contributed by atoms with Gasteiger partial charge in [0, 0.05) is 5.69 Å². The van der Waals surface area contributed by atoms with E-state index in [-0.39, 0.29) is 5.91 Å². The minimum absolute atomic E-state index is 0.0475. The third kappa shape index (κ3) is 2.07. The van der Waals surface area contributed by atoms with Crippen molar-refractivity contribution in [2.45, 2.75) is 46.1 Å². The lowest BCUT2D eigenvalue weighted by molar-refractivity contribution is -0.118. The largest absolute Gasteiger partial charge is 0.324 e. The van der Waals surface area contributed by atoms with E-state index in [0.29, 0.717) is 0 Å². The first kappa shape index (κ1) is 12.1. The minimum Gasteiger partial charge on any atom is -0.324 e. The second-order valence-corrected chi connectivity index (χ2v) is 5.25. The average molecular weight is 232 g/mol. The van der Waals surface area contributed by atoms with Crippen LogP contribution in [0.1, 0.15) is 35.1 Å². The highest BCUT2D eigenvalue weighted by Crippen LogP contribution is 2.35. The second kappa shape index (κ2) is 3.84. The van der Waals surface area contributed by atoms with Crippen LogP contribution in [0.2, 0.25) is 0 Å². The van der Waals surface area contributed by atoms with Gasteiger partial charge in [-0.3, -0.25) is 4.79 Å². The number of benzene rings is 1. The van der Waals surface area contributed by atoms with Crippen molar-refractivity contribution in [3.8, 4) is 0 Å². The van der Waals surface area contributed by atoms with Crippen LogP contribution in [0.25, 0.3) is 0 Å². The van der Waals surface area contributed by atoms with Crippen LogP contribution in [0.15, 0.2) is 6.07 Å². The minimum atomic E-state index is -0.615. The third-order valence-electron chi connectivity index (χ3n) is 3.85. The van der Waals surface area contributed by atoms with Gasteiger partial charge in [-0.25, -0.2) is 0 Å². The lowest BCUT2D eigenvalue weighted by atomic mass is 9.98. The first-order chi connectivity index (χ1) is 7.85. The molecule has 1 aromatic carbocycles. The van der Waals surface area contributed by atoms with Crippen LogP contribution in [0.3, 0.4) is 0 Å². The molecule has 1 saturated carbocycles. The van der Waals surface area contributed by atoms with Crippen molar-refractivity contribution in [1.29, 1.82) is 0 Å². The highest BCUT2D eigenvalue weighted by atomic mass is 16.2. The van der Waals surface area contributed by atoms with Crippen LogP contribution in [0.4, 0.5) is 5.69 Å². The van der Waals surface area contributed by atoms with E-state index in [1.165, 1.54) is 11.1 Å². The van der Waals surface area contributed by atoms with Crippen molar-refractivity contribution in [2.24, 2.45) is 5.73 Å². The number of hydrogen-bond donors (Lipinski definition) is 2. The van der Waals surface area contributed by atoms with Crippen LogP contribution in [-0.2, 0) is 4.79 Å². The fourth-order valence-corrected chi connectivity index (χ4v) is 2.00. The van der Waals surface area contributed by atoms with Crippen LogP contribution >= 0.6 is 0 Å². The molecule has 0 saturated heterocycles. The number of carbonyl (C=O) groups excluding carboxylic acids is 1. The van der Waals surface area contributed by atoms with Crippen molar-refractivity contribution in [3.05, 3.63) is 28.3 Å². The predicted octanol–water partition coefficient (Wildman–Crippen LogP) is 2.35. The summed E-state index contributed by atoms with van der Waals surface area (Å²) in [6, 6.07) is 2.15. The highest BCUT2D eigenvalue weighted by Gasteiger charge is 2.46. The highest BCUT2D eigenvalue weighted by molar-refractivity contribution is 6.01. The van der Waals surface area contributed by atoms with E-state index in [1.807, 2.05) is 13.8 Å². The van der Waals surface area contributed by atoms with Crippen LogP contribution < -0.4 is 11.1 Å². The second-order valence-electron chi connectivity index (χ2n) is 5.25. The van der Waals surface area contributed by atoms with Gasteiger partial charge in [-0.05, 0) is 62.8 Å². The normalized spacial score (nSPS) is 16.8. The fourth-order valence-electron chi connectivity index (χ4n) is 2.00. The smallest absolute Gasteiger partial charge is 0.244 e. The molecular formula is C14H20N2O. The number of carbonyl (C=O) groups is 1. The Bertz CT molecular complexity index is 461. The van der Waals surface area contributed by atoms with Gasteiger partial charge in [0.2, 0.25) is 5.91 Å². The predicted molar refractivity (Wildman–Crippen MR) is 70.2 cm³/mol. The van der Waals surface area contributed by atoms with Gasteiger partial charge in [0.15, 0.2) is 0 Å². The maximum absolute atomic E-state index is 12.0.